The summed E-state index contributed by atoms with van der Waals surface area (Å²) in [6, 6.07) is 11.6. The van der Waals surface area contributed by atoms with E-state index < -0.39 is 21.7 Å². The van der Waals surface area contributed by atoms with Crippen molar-refractivity contribution in [3.63, 3.8) is 0 Å². The minimum absolute atomic E-state index is 0.0165. The van der Waals surface area contributed by atoms with Gasteiger partial charge in [0.2, 0.25) is 11.5 Å². The average Bonchev–Trinajstić information content (AvgIpc) is 3.12. The number of halogens is 1. The lowest BCUT2D eigenvalue weighted by atomic mass is 10.1. The lowest BCUT2D eigenvalue weighted by molar-refractivity contribution is 0.101. The SMILES string of the molecule is COc1cc(C=C2Oc3cc(OS(=O)(=O)c4ccc(F)cc4)ccc3C2=O)cc(OC)c1OC. The first-order chi connectivity index (χ1) is 16.2. The molecule has 0 saturated heterocycles. The molecule has 0 aliphatic carbocycles. The third-order valence-electron chi connectivity index (χ3n) is 4.93. The van der Waals surface area contributed by atoms with Crippen LogP contribution < -0.4 is 23.1 Å². The fourth-order valence-electron chi connectivity index (χ4n) is 3.33. The molecular formula is C24H19FO8S. The van der Waals surface area contributed by atoms with Crippen LogP contribution in [0, 0.1) is 5.82 Å². The molecule has 176 valence electrons. The molecule has 1 aliphatic rings. The summed E-state index contributed by atoms with van der Waals surface area (Å²) in [4.78, 5) is 12.6. The van der Waals surface area contributed by atoms with Crippen LogP contribution in [-0.4, -0.2) is 35.5 Å². The Kier molecular flexibility index (Phi) is 6.16. The van der Waals surface area contributed by atoms with Gasteiger partial charge in [0.15, 0.2) is 17.3 Å². The minimum Gasteiger partial charge on any atom is -0.493 e. The Hall–Kier alpha value is -4.05. The highest BCUT2D eigenvalue weighted by Crippen LogP contribution is 2.40. The summed E-state index contributed by atoms with van der Waals surface area (Å²) < 4.78 is 64.8. The summed E-state index contributed by atoms with van der Waals surface area (Å²) in [6.45, 7) is 0. The first-order valence-corrected chi connectivity index (χ1v) is 11.2. The number of hydrogen-bond donors (Lipinski definition) is 0. The number of benzene rings is 3. The quantitative estimate of drug-likeness (QED) is 0.362. The van der Waals surface area contributed by atoms with Crippen molar-refractivity contribution in [1.82, 2.24) is 0 Å². The summed E-state index contributed by atoms with van der Waals surface area (Å²) in [7, 11) is 0.224. The molecule has 0 atom stereocenters. The van der Waals surface area contributed by atoms with Gasteiger partial charge in [-0.3, -0.25) is 4.79 Å². The predicted molar refractivity (Wildman–Crippen MR) is 120 cm³/mol. The average molecular weight is 486 g/mol. The molecule has 0 radical (unpaired) electrons. The van der Waals surface area contributed by atoms with Crippen LogP contribution in [-0.2, 0) is 10.1 Å². The number of ether oxygens (including phenoxy) is 4. The van der Waals surface area contributed by atoms with Crippen LogP contribution in [0.4, 0.5) is 4.39 Å². The van der Waals surface area contributed by atoms with E-state index >= 15 is 0 Å². The Morgan fingerprint density at radius 1 is 0.882 bits per heavy atom. The summed E-state index contributed by atoms with van der Waals surface area (Å²) in [5, 5.41) is 0. The molecule has 4 rings (SSSR count). The molecule has 1 heterocycles. The fraction of sp³-hybridized carbons (Fsp3) is 0.125. The van der Waals surface area contributed by atoms with Gasteiger partial charge in [-0.25, -0.2) is 4.39 Å². The number of methoxy groups -OCH3 is 3. The van der Waals surface area contributed by atoms with E-state index in [9.17, 15) is 17.6 Å². The summed E-state index contributed by atoms with van der Waals surface area (Å²) in [5.41, 5.74) is 0.797. The third kappa shape index (κ3) is 4.40. The molecule has 0 aromatic heterocycles. The molecule has 0 spiro atoms. The lowest BCUT2D eigenvalue weighted by Crippen LogP contribution is -2.09. The maximum atomic E-state index is 13.1. The first-order valence-electron chi connectivity index (χ1n) is 9.84. The highest BCUT2D eigenvalue weighted by atomic mass is 32.2. The number of fused-ring (bicyclic) bond motifs is 1. The van der Waals surface area contributed by atoms with E-state index in [1.165, 1.54) is 45.6 Å². The van der Waals surface area contributed by atoms with Crippen molar-refractivity contribution in [2.45, 2.75) is 4.90 Å². The van der Waals surface area contributed by atoms with E-state index in [1.807, 2.05) is 0 Å². The molecule has 3 aromatic rings. The maximum absolute atomic E-state index is 13.1. The Labute approximate surface area is 195 Å². The zero-order valence-electron chi connectivity index (χ0n) is 18.3. The predicted octanol–water partition coefficient (Wildman–Crippen LogP) is 4.24. The molecule has 10 heteroatoms. The first kappa shape index (κ1) is 23.1. The molecule has 0 N–H and O–H groups in total. The van der Waals surface area contributed by atoms with Crippen molar-refractivity contribution in [3.05, 3.63) is 77.3 Å². The van der Waals surface area contributed by atoms with Gasteiger partial charge in [0.05, 0.1) is 26.9 Å². The van der Waals surface area contributed by atoms with Crippen LogP contribution in [0.15, 0.2) is 65.3 Å². The molecular weight excluding hydrogens is 467 g/mol. The lowest BCUT2D eigenvalue weighted by Gasteiger charge is -2.13. The molecule has 0 bridgehead atoms. The van der Waals surface area contributed by atoms with Crippen LogP contribution in [0.3, 0.4) is 0 Å². The van der Waals surface area contributed by atoms with E-state index in [0.717, 1.165) is 24.3 Å². The summed E-state index contributed by atoms with van der Waals surface area (Å²) in [5.74, 6) is 0.324. The zero-order valence-corrected chi connectivity index (χ0v) is 19.1. The van der Waals surface area contributed by atoms with Gasteiger partial charge in [0, 0.05) is 6.07 Å². The van der Waals surface area contributed by atoms with Gasteiger partial charge in [-0.05, 0) is 60.2 Å². The number of carbonyl (C=O) groups is 1. The van der Waals surface area contributed by atoms with E-state index in [1.54, 1.807) is 12.1 Å². The van der Waals surface area contributed by atoms with Gasteiger partial charge in [-0.1, -0.05) is 0 Å². The van der Waals surface area contributed by atoms with Gasteiger partial charge in [0.25, 0.3) is 0 Å². The number of Topliss-reactive ketones (excluding diaryl/α,β-unsaturated/α-hetero) is 1. The third-order valence-corrected chi connectivity index (χ3v) is 6.20. The molecule has 1 aliphatic heterocycles. The monoisotopic (exact) mass is 486 g/mol. The Balaban J connectivity index is 1.62. The van der Waals surface area contributed by atoms with Crippen LogP contribution in [0.2, 0.25) is 0 Å². The number of rotatable bonds is 7. The Morgan fingerprint density at radius 2 is 1.53 bits per heavy atom. The van der Waals surface area contributed by atoms with Crippen molar-refractivity contribution in [2.75, 3.05) is 21.3 Å². The van der Waals surface area contributed by atoms with E-state index in [-0.39, 0.29) is 27.7 Å². The normalized spacial score (nSPS) is 13.9. The molecule has 8 nitrogen and oxygen atoms in total. The zero-order chi connectivity index (χ0) is 24.5. The second-order valence-corrected chi connectivity index (χ2v) is 8.59. The van der Waals surface area contributed by atoms with Crippen LogP contribution in [0.25, 0.3) is 6.08 Å². The van der Waals surface area contributed by atoms with E-state index in [4.69, 9.17) is 23.1 Å². The maximum Gasteiger partial charge on any atom is 0.339 e. The van der Waals surface area contributed by atoms with Gasteiger partial charge in [0.1, 0.15) is 22.2 Å². The second-order valence-electron chi connectivity index (χ2n) is 7.05. The van der Waals surface area contributed by atoms with Crippen molar-refractivity contribution in [3.8, 4) is 28.7 Å². The summed E-state index contributed by atoms with van der Waals surface area (Å²) in [6.07, 6.45) is 1.50. The molecule has 0 fully saturated rings. The topological polar surface area (TPSA) is 97.4 Å². The Bertz CT molecular complexity index is 1370. The fourth-order valence-corrected chi connectivity index (χ4v) is 4.25. The van der Waals surface area contributed by atoms with Crippen molar-refractivity contribution >= 4 is 22.0 Å². The largest absolute Gasteiger partial charge is 0.493 e. The van der Waals surface area contributed by atoms with Gasteiger partial charge < -0.3 is 23.1 Å². The minimum atomic E-state index is -4.21. The van der Waals surface area contributed by atoms with Crippen LogP contribution in [0.5, 0.6) is 28.7 Å². The highest BCUT2D eigenvalue weighted by molar-refractivity contribution is 7.87. The second kappa shape index (κ2) is 9.06. The number of ketones is 1. The molecule has 0 unspecified atom stereocenters. The number of carbonyl (C=O) groups excluding carboxylic acids is 1. The molecule has 0 amide bonds. The van der Waals surface area contributed by atoms with Gasteiger partial charge in [-0.2, -0.15) is 8.42 Å². The van der Waals surface area contributed by atoms with Gasteiger partial charge >= 0.3 is 10.1 Å². The van der Waals surface area contributed by atoms with E-state index in [0.29, 0.717) is 22.8 Å². The number of hydrogen-bond acceptors (Lipinski definition) is 8. The molecule has 0 saturated carbocycles. The van der Waals surface area contributed by atoms with Crippen LogP contribution >= 0.6 is 0 Å². The summed E-state index contributed by atoms with van der Waals surface area (Å²) >= 11 is 0. The smallest absolute Gasteiger partial charge is 0.339 e. The van der Waals surface area contributed by atoms with Crippen molar-refractivity contribution in [2.24, 2.45) is 0 Å². The van der Waals surface area contributed by atoms with Gasteiger partial charge in [-0.15, -0.1) is 0 Å². The number of allylic oxidation sites excluding steroid dienone is 1. The standard InChI is InChI=1S/C24H19FO8S/c1-29-21-11-14(12-22(30-2)24(21)31-3)10-20-23(26)18-9-6-16(13-19(18)32-20)33-34(27,28)17-7-4-15(25)5-8-17/h4-13H,1-3H3. The molecule has 34 heavy (non-hydrogen) atoms. The highest BCUT2D eigenvalue weighted by Gasteiger charge is 2.29. The van der Waals surface area contributed by atoms with Crippen LogP contribution in [0.1, 0.15) is 15.9 Å². The van der Waals surface area contributed by atoms with Crippen molar-refractivity contribution in [1.29, 1.82) is 0 Å². The van der Waals surface area contributed by atoms with Crippen molar-refractivity contribution < 1.29 is 40.7 Å². The van der Waals surface area contributed by atoms with E-state index in [2.05, 4.69) is 0 Å². The Morgan fingerprint density at radius 3 is 2.12 bits per heavy atom. The molecule has 3 aromatic carbocycles.